The Labute approximate surface area is 113 Å². The zero-order valence-corrected chi connectivity index (χ0v) is 12.0. The molecule has 0 fully saturated rings. The van der Waals surface area contributed by atoms with Crippen LogP contribution in [0.1, 0.15) is 49.3 Å². The van der Waals surface area contributed by atoms with Gasteiger partial charge in [0.1, 0.15) is 0 Å². The van der Waals surface area contributed by atoms with Gasteiger partial charge < -0.3 is 5.11 Å². The number of unbranched alkanes of at least 4 members (excludes halogenated alkanes) is 3. The molecular formula is C15H21BrO. The fourth-order valence-corrected chi connectivity index (χ4v) is 2.55. The molecule has 94 valence electrons. The number of hydrogen-bond donors (Lipinski definition) is 1. The molecule has 1 rings (SSSR count). The molecule has 0 aliphatic rings. The second-order valence-electron chi connectivity index (χ2n) is 4.50. The molecule has 0 bridgehead atoms. The van der Waals surface area contributed by atoms with Gasteiger partial charge >= 0.3 is 0 Å². The van der Waals surface area contributed by atoms with Gasteiger partial charge in [-0.15, -0.1) is 6.58 Å². The molecule has 0 heterocycles. The van der Waals surface area contributed by atoms with Gasteiger partial charge in [0.25, 0.3) is 0 Å². The van der Waals surface area contributed by atoms with Gasteiger partial charge in [0.2, 0.25) is 0 Å². The summed E-state index contributed by atoms with van der Waals surface area (Å²) in [6.45, 7) is 5.75. The fourth-order valence-electron chi connectivity index (χ4n) is 1.93. The summed E-state index contributed by atoms with van der Waals surface area (Å²) in [5.74, 6) is 0. The second-order valence-corrected chi connectivity index (χ2v) is 5.42. The summed E-state index contributed by atoms with van der Waals surface area (Å²) in [4.78, 5) is 0. The lowest BCUT2D eigenvalue weighted by atomic mass is 10.0. The molecule has 0 radical (unpaired) electrons. The summed E-state index contributed by atoms with van der Waals surface area (Å²) in [5, 5.41) is 10.1. The van der Waals surface area contributed by atoms with Crippen LogP contribution in [0.3, 0.4) is 0 Å². The zero-order valence-electron chi connectivity index (χ0n) is 10.5. The standard InChI is InChI=1S/C15H21BrO/c1-3-4-5-6-7-8-15(17)13-9-12(2)10-14(16)11-13/h3,9-11,15,17H,1,4-8H2,2H3. The molecule has 0 spiro atoms. The number of allylic oxidation sites excluding steroid dienone is 1. The predicted molar refractivity (Wildman–Crippen MR) is 77.1 cm³/mol. The minimum atomic E-state index is -0.338. The van der Waals surface area contributed by atoms with Crippen molar-refractivity contribution in [2.75, 3.05) is 0 Å². The van der Waals surface area contributed by atoms with Crippen molar-refractivity contribution < 1.29 is 5.11 Å². The molecule has 0 aromatic heterocycles. The van der Waals surface area contributed by atoms with Gasteiger partial charge in [-0.3, -0.25) is 0 Å². The molecule has 0 saturated heterocycles. The number of halogens is 1. The lowest BCUT2D eigenvalue weighted by Crippen LogP contribution is -1.98. The van der Waals surface area contributed by atoms with E-state index in [9.17, 15) is 5.11 Å². The number of aliphatic hydroxyl groups is 1. The SMILES string of the molecule is C=CCCCCCC(O)c1cc(C)cc(Br)c1. The summed E-state index contributed by atoms with van der Waals surface area (Å²) in [5.41, 5.74) is 2.20. The van der Waals surface area contributed by atoms with Crippen molar-refractivity contribution in [2.45, 2.75) is 45.1 Å². The van der Waals surface area contributed by atoms with Crippen LogP contribution in [0.5, 0.6) is 0 Å². The number of aliphatic hydroxyl groups excluding tert-OH is 1. The van der Waals surface area contributed by atoms with E-state index in [0.717, 1.165) is 35.7 Å². The first-order chi connectivity index (χ1) is 8.13. The number of rotatable bonds is 7. The lowest BCUT2D eigenvalue weighted by molar-refractivity contribution is 0.163. The van der Waals surface area contributed by atoms with E-state index in [4.69, 9.17) is 0 Å². The molecule has 1 aromatic rings. The van der Waals surface area contributed by atoms with Gasteiger partial charge in [0.05, 0.1) is 6.10 Å². The number of hydrogen-bond acceptors (Lipinski definition) is 1. The molecule has 1 aromatic carbocycles. The highest BCUT2D eigenvalue weighted by molar-refractivity contribution is 9.10. The Morgan fingerprint density at radius 1 is 1.29 bits per heavy atom. The van der Waals surface area contributed by atoms with Crippen LogP contribution in [0.25, 0.3) is 0 Å². The number of benzene rings is 1. The van der Waals surface area contributed by atoms with Crippen molar-refractivity contribution in [1.29, 1.82) is 0 Å². The second kappa shape index (κ2) is 7.67. The van der Waals surface area contributed by atoms with Gasteiger partial charge in [-0.1, -0.05) is 40.9 Å². The number of aryl methyl sites for hydroxylation is 1. The lowest BCUT2D eigenvalue weighted by Gasteiger charge is -2.12. The van der Waals surface area contributed by atoms with Crippen LogP contribution in [-0.4, -0.2) is 5.11 Å². The third kappa shape index (κ3) is 5.51. The van der Waals surface area contributed by atoms with E-state index in [1.54, 1.807) is 0 Å². The maximum absolute atomic E-state index is 10.1. The Morgan fingerprint density at radius 2 is 2.06 bits per heavy atom. The molecule has 1 atom stereocenters. The molecule has 17 heavy (non-hydrogen) atoms. The van der Waals surface area contributed by atoms with Crippen LogP contribution in [0.4, 0.5) is 0 Å². The van der Waals surface area contributed by atoms with E-state index >= 15 is 0 Å². The molecule has 0 aliphatic carbocycles. The van der Waals surface area contributed by atoms with E-state index in [0.29, 0.717) is 0 Å². The molecule has 0 aliphatic heterocycles. The Balaban J connectivity index is 2.40. The van der Waals surface area contributed by atoms with Crippen LogP contribution in [0.15, 0.2) is 35.3 Å². The Morgan fingerprint density at radius 3 is 2.71 bits per heavy atom. The molecule has 1 nitrogen and oxygen atoms in total. The Kier molecular flexibility index (Phi) is 6.53. The zero-order chi connectivity index (χ0) is 12.7. The van der Waals surface area contributed by atoms with E-state index < -0.39 is 0 Å². The third-order valence-corrected chi connectivity index (χ3v) is 3.29. The molecule has 0 saturated carbocycles. The first-order valence-electron chi connectivity index (χ1n) is 6.19. The average molecular weight is 297 g/mol. The summed E-state index contributed by atoms with van der Waals surface area (Å²) in [6, 6.07) is 6.11. The largest absolute Gasteiger partial charge is 0.388 e. The van der Waals surface area contributed by atoms with Crippen molar-refractivity contribution in [3.8, 4) is 0 Å². The van der Waals surface area contributed by atoms with Crippen LogP contribution in [-0.2, 0) is 0 Å². The van der Waals surface area contributed by atoms with E-state index in [2.05, 4.69) is 34.6 Å². The minimum Gasteiger partial charge on any atom is -0.388 e. The van der Waals surface area contributed by atoms with Crippen molar-refractivity contribution in [3.63, 3.8) is 0 Å². The van der Waals surface area contributed by atoms with Crippen molar-refractivity contribution >= 4 is 15.9 Å². The van der Waals surface area contributed by atoms with Crippen molar-refractivity contribution in [1.82, 2.24) is 0 Å². The van der Waals surface area contributed by atoms with Gasteiger partial charge in [0.15, 0.2) is 0 Å². The average Bonchev–Trinajstić information content (AvgIpc) is 2.27. The fraction of sp³-hybridized carbons (Fsp3) is 0.467. The Hall–Kier alpha value is -0.600. The molecule has 1 N–H and O–H groups in total. The van der Waals surface area contributed by atoms with Crippen molar-refractivity contribution in [3.05, 3.63) is 46.5 Å². The van der Waals surface area contributed by atoms with Gasteiger partial charge in [-0.05, 0) is 49.4 Å². The minimum absolute atomic E-state index is 0.338. The topological polar surface area (TPSA) is 20.2 Å². The highest BCUT2D eigenvalue weighted by Gasteiger charge is 2.08. The van der Waals surface area contributed by atoms with Crippen LogP contribution >= 0.6 is 15.9 Å². The summed E-state index contributed by atoms with van der Waals surface area (Å²) >= 11 is 3.46. The maximum atomic E-state index is 10.1. The highest BCUT2D eigenvalue weighted by atomic mass is 79.9. The summed E-state index contributed by atoms with van der Waals surface area (Å²) in [6.07, 6.45) is 6.94. The Bertz CT molecular complexity index is 340. The first-order valence-corrected chi connectivity index (χ1v) is 6.99. The summed E-state index contributed by atoms with van der Waals surface area (Å²) < 4.78 is 1.04. The smallest absolute Gasteiger partial charge is 0.0790 e. The van der Waals surface area contributed by atoms with Crippen LogP contribution < -0.4 is 0 Å². The quantitative estimate of drug-likeness (QED) is 0.559. The monoisotopic (exact) mass is 296 g/mol. The van der Waals surface area contributed by atoms with Gasteiger partial charge in [0, 0.05) is 4.47 Å². The van der Waals surface area contributed by atoms with E-state index in [1.165, 1.54) is 12.0 Å². The molecule has 1 unspecified atom stereocenters. The molecule has 2 heteroatoms. The molecular weight excluding hydrogens is 276 g/mol. The third-order valence-electron chi connectivity index (χ3n) is 2.84. The van der Waals surface area contributed by atoms with Crippen LogP contribution in [0, 0.1) is 6.92 Å². The predicted octanol–water partition coefficient (Wildman–Crippen LogP) is 4.93. The van der Waals surface area contributed by atoms with E-state index in [1.807, 2.05) is 19.1 Å². The van der Waals surface area contributed by atoms with Gasteiger partial charge in [-0.25, -0.2) is 0 Å². The van der Waals surface area contributed by atoms with E-state index in [-0.39, 0.29) is 6.10 Å². The summed E-state index contributed by atoms with van der Waals surface area (Å²) in [7, 11) is 0. The van der Waals surface area contributed by atoms with Gasteiger partial charge in [-0.2, -0.15) is 0 Å². The van der Waals surface area contributed by atoms with Crippen LogP contribution in [0.2, 0.25) is 0 Å². The first kappa shape index (κ1) is 14.5. The normalized spacial score (nSPS) is 12.4. The van der Waals surface area contributed by atoms with Crippen molar-refractivity contribution in [2.24, 2.45) is 0 Å². The molecule has 0 amide bonds. The maximum Gasteiger partial charge on any atom is 0.0790 e. The highest BCUT2D eigenvalue weighted by Crippen LogP contribution is 2.24.